The van der Waals surface area contributed by atoms with Crippen molar-refractivity contribution in [1.29, 1.82) is 0 Å². The van der Waals surface area contributed by atoms with Crippen LogP contribution in [0.4, 0.5) is 32.2 Å². The summed E-state index contributed by atoms with van der Waals surface area (Å²) >= 11 is 0. The number of pyridine rings is 1. The van der Waals surface area contributed by atoms with Crippen molar-refractivity contribution in [2.45, 2.75) is 50.9 Å². The van der Waals surface area contributed by atoms with Gasteiger partial charge in [0.15, 0.2) is 0 Å². The van der Waals surface area contributed by atoms with E-state index in [1.165, 1.54) is 33.2 Å². The van der Waals surface area contributed by atoms with Gasteiger partial charge in [-0.15, -0.1) is 0 Å². The SMILES string of the molecule is COc1c(=O)n(C2(C(F)F)CC2)cc2c(N[C@H](C)c3cccc(C(F)(F)F)c3F)nc(C)nc12. The molecule has 0 amide bonds. The fourth-order valence-corrected chi connectivity index (χ4v) is 3.98. The predicted octanol–water partition coefficient (Wildman–Crippen LogP) is 5.19. The molecule has 1 aromatic carbocycles. The quantitative estimate of drug-likeness (QED) is 0.486. The summed E-state index contributed by atoms with van der Waals surface area (Å²) in [6.07, 6.45) is -6.33. The van der Waals surface area contributed by atoms with E-state index in [9.17, 15) is 31.1 Å². The van der Waals surface area contributed by atoms with Gasteiger partial charge in [-0.1, -0.05) is 12.1 Å². The summed E-state index contributed by atoms with van der Waals surface area (Å²) in [4.78, 5) is 21.4. The lowest BCUT2D eigenvalue weighted by Crippen LogP contribution is -2.36. The van der Waals surface area contributed by atoms with Gasteiger partial charge < -0.3 is 10.1 Å². The molecule has 6 nitrogen and oxygen atoms in total. The van der Waals surface area contributed by atoms with Gasteiger partial charge in [0.05, 0.1) is 24.1 Å². The zero-order valence-electron chi connectivity index (χ0n) is 18.3. The van der Waals surface area contributed by atoms with Crippen LogP contribution in [0, 0.1) is 12.7 Å². The monoisotopic (exact) mass is 486 g/mol. The number of benzene rings is 1. The highest BCUT2D eigenvalue weighted by atomic mass is 19.4. The minimum Gasteiger partial charge on any atom is -0.490 e. The van der Waals surface area contributed by atoms with E-state index in [1.54, 1.807) is 0 Å². The number of fused-ring (bicyclic) bond motifs is 1. The van der Waals surface area contributed by atoms with Crippen LogP contribution in [0.25, 0.3) is 10.9 Å². The van der Waals surface area contributed by atoms with Crippen molar-refractivity contribution >= 4 is 16.7 Å². The summed E-state index contributed by atoms with van der Waals surface area (Å²) in [6, 6.07) is 1.92. The molecule has 3 aromatic rings. The third-order valence-corrected chi connectivity index (χ3v) is 5.95. The molecule has 1 aliphatic carbocycles. The summed E-state index contributed by atoms with van der Waals surface area (Å²) in [6.45, 7) is 2.93. The summed E-state index contributed by atoms with van der Waals surface area (Å²) in [7, 11) is 1.20. The molecule has 0 unspecified atom stereocenters. The lowest BCUT2D eigenvalue weighted by Gasteiger charge is -2.22. The first-order valence-electron chi connectivity index (χ1n) is 10.3. The van der Waals surface area contributed by atoms with Crippen LogP contribution in [0.5, 0.6) is 5.75 Å². The Balaban J connectivity index is 1.86. The molecular formula is C22H20F6N4O2. The van der Waals surface area contributed by atoms with Crippen molar-refractivity contribution in [3.05, 3.63) is 57.5 Å². The van der Waals surface area contributed by atoms with Crippen LogP contribution < -0.4 is 15.6 Å². The zero-order valence-corrected chi connectivity index (χ0v) is 18.3. The number of ether oxygens (including phenoxy) is 1. The van der Waals surface area contributed by atoms with E-state index in [2.05, 4.69) is 15.3 Å². The Bertz CT molecular complexity index is 1320. The fraction of sp³-hybridized carbons (Fsp3) is 0.409. The first-order chi connectivity index (χ1) is 15.9. The van der Waals surface area contributed by atoms with Crippen molar-refractivity contribution in [2.24, 2.45) is 0 Å². The number of nitrogens with zero attached hydrogens (tertiary/aromatic N) is 3. The van der Waals surface area contributed by atoms with Gasteiger partial charge in [-0.2, -0.15) is 13.2 Å². The van der Waals surface area contributed by atoms with Crippen molar-refractivity contribution < 1.29 is 31.1 Å². The number of halogens is 6. The van der Waals surface area contributed by atoms with E-state index >= 15 is 0 Å². The van der Waals surface area contributed by atoms with E-state index in [-0.39, 0.29) is 46.7 Å². The maximum Gasteiger partial charge on any atom is 0.419 e. The number of alkyl halides is 5. The molecule has 1 N–H and O–H groups in total. The van der Waals surface area contributed by atoms with Crippen molar-refractivity contribution in [3.63, 3.8) is 0 Å². The maximum absolute atomic E-state index is 14.7. The Morgan fingerprint density at radius 2 is 1.88 bits per heavy atom. The maximum atomic E-state index is 14.7. The third-order valence-electron chi connectivity index (χ3n) is 5.95. The first-order valence-corrected chi connectivity index (χ1v) is 10.3. The number of anilines is 1. The van der Waals surface area contributed by atoms with Crippen LogP contribution >= 0.6 is 0 Å². The van der Waals surface area contributed by atoms with Crippen molar-refractivity contribution in [3.8, 4) is 5.75 Å². The predicted molar refractivity (Wildman–Crippen MR) is 112 cm³/mol. The van der Waals surface area contributed by atoms with Crippen LogP contribution in [0.3, 0.4) is 0 Å². The van der Waals surface area contributed by atoms with Gasteiger partial charge in [0.1, 0.15) is 28.5 Å². The summed E-state index contributed by atoms with van der Waals surface area (Å²) in [5, 5.41) is 2.98. The van der Waals surface area contributed by atoms with Crippen LogP contribution in [0.15, 0.2) is 29.2 Å². The zero-order chi connectivity index (χ0) is 25.0. The molecule has 1 saturated carbocycles. The molecule has 2 aromatic heterocycles. The third kappa shape index (κ3) is 3.84. The Morgan fingerprint density at radius 3 is 2.44 bits per heavy atom. The molecule has 0 aliphatic heterocycles. The van der Waals surface area contributed by atoms with Crippen LogP contribution in [-0.4, -0.2) is 28.1 Å². The molecule has 1 aliphatic rings. The Morgan fingerprint density at radius 1 is 1.21 bits per heavy atom. The molecule has 182 valence electrons. The molecule has 1 fully saturated rings. The lowest BCUT2D eigenvalue weighted by molar-refractivity contribution is -0.140. The highest BCUT2D eigenvalue weighted by molar-refractivity contribution is 5.92. The van der Waals surface area contributed by atoms with E-state index in [4.69, 9.17) is 4.74 Å². The van der Waals surface area contributed by atoms with E-state index in [0.717, 1.165) is 10.6 Å². The molecule has 0 saturated heterocycles. The molecule has 12 heteroatoms. The van der Waals surface area contributed by atoms with Crippen molar-refractivity contribution in [2.75, 3.05) is 12.4 Å². The number of hydrogen-bond donors (Lipinski definition) is 1. The second-order valence-corrected chi connectivity index (χ2v) is 8.20. The Kier molecular flexibility index (Phi) is 5.73. The number of rotatable bonds is 6. The normalized spacial score (nSPS) is 16.1. The first kappa shape index (κ1) is 23.8. The van der Waals surface area contributed by atoms with Crippen molar-refractivity contribution in [1.82, 2.24) is 14.5 Å². The molecule has 0 bridgehead atoms. The summed E-state index contributed by atoms with van der Waals surface area (Å²) in [5.74, 6) is -1.49. The standard InChI is InChI=1S/C22H20F6N4O2/c1-10(12-5-4-6-14(15(12)23)22(26,27)28)29-18-13-9-32(21(7-8-21)20(24)25)19(33)17(34-3)16(13)30-11(2)31-18/h4-6,9-10,20H,7-8H2,1-3H3,(H,29,30,31)/t10-/m1/s1. The smallest absolute Gasteiger partial charge is 0.419 e. The number of aromatic nitrogens is 3. The Hall–Kier alpha value is -3.31. The average Bonchev–Trinajstić information content (AvgIpc) is 3.54. The van der Waals surface area contributed by atoms with Crippen LogP contribution in [0.1, 0.15) is 42.8 Å². The summed E-state index contributed by atoms with van der Waals surface area (Å²) in [5.41, 5.74) is -4.11. The number of nitrogens with one attached hydrogen (secondary N) is 1. The molecule has 0 spiro atoms. The fourth-order valence-electron chi connectivity index (χ4n) is 3.98. The summed E-state index contributed by atoms with van der Waals surface area (Å²) < 4.78 is 87.7. The van der Waals surface area contributed by atoms with Gasteiger partial charge in [0, 0.05) is 11.8 Å². The second-order valence-electron chi connectivity index (χ2n) is 8.20. The molecular weight excluding hydrogens is 466 g/mol. The number of methoxy groups -OCH3 is 1. The minimum absolute atomic E-state index is 0.0314. The van der Waals surface area contributed by atoms with Gasteiger partial charge in [-0.05, 0) is 32.8 Å². The molecule has 2 heterocycles. The number of aryl methyl sites for hydroxylation is 1. The van der Waals surface area contributed by atoms with Gasteiger partial charge in [0.2, 0.25) is 5.75 Å². The molecule has 0 radical (unpaired) electrons. The average molecular weight is 486 g/mol. The topological polar surface area (TPSA) is 69.0 Å². The highest BCUT2D eigenvalue weighted by Crippen LogP contribution is 2.48. The molecule has 1 atom stereocenters. The molecule has 4 rings (SSSR count). The van der Waals surface area contributed by atoms with Gasteiger partial charge in [-0.3, -0.25) is 9.36 Å². The van der Waals surface area contributed by atoms with Gasteiger partial charge in [-0.25, -0.2) is 23.1 Å². The lowest BCUT2D eigenvalue weighted by atomic mass is 10.0. The largest absolute Gasteiger partial charge is 0.490 e. The minimum atomic E-state index is -4.88. The van der Waals surface area contributed by atoms with Gasteiger partial charge >= 0.3 is 6.18 Å². The van der Waals surface area contributed by atoms with Crippen LogP contribution in [0.2, 0.25) is 0 Å². The molecule has 34 heavy (non-hydrogen) atoms. The number of hydrogen-bond acceptors (Lipinski definition) is 5. The van der Waals surface area contributed by atoms with E-state index < -0.39 is 41.1 Å². The van der Waals surface area contributed by atoms with Gasteiger partial charge in [0.25, 0.3) is 12.0 Å². The van der Waals surface area contributed by atoms with E-state index in [0.29, 0.717) is 6.07 Å². The Labute approximate surface area is 189 Å². The van der Waals surface area contributed by atoms with E-state index in [1.807, 2.05) is 0 Å². The second kappa shape index (κ2) is 8.17. The highest BCUT2D eigenvalue weighted by Gasteiger charge is 2.54. The van der Waals surface area contributed by atoms with Crippen LogP contribution in [-0.2, 0) is 11.7 Å².